The van der Waals surface area contributed by atoms with E-state index in [0.717, 1.165) is 42.5 Å². The number of nitrogens with zero attached hydrogens (tertiary/aromatic N) is 2. The molecule has 5 heteroatoms. The van der Waals surface area contributed by atoms with Crippen LogP contribution in [-0.4, -0.2) is 54.7 Å². The summed E-state index contributed by atoms with van der Waals surface area (Å²) in [6, 6.07) is 7.46. The third-order valence-corrected chi connectivity index (χ3v) is 4.33. The van der Waals surface area contributed by atoms with Crippen LogP contribution in [0.4, 0.5) is 0 Å². The molecule has 1 saturated heterocycles. The summed E-state index contributed by atoms with van der Waals surface area (Å²) in [5.41, 5.74) is 0.755. The molecule has 1 amide bonds. The normalized spacial score (nSPS) is 16.9. The molecule has 1 fully saturated rings. The van der Waals surface area contributed by atoms with Gasteiger partial charge in [0.15, 0.2) is 5.78 Å². The number of likely N-dealkylation sites (N-methyl/N-ethyl adjacent to an activating group) is 1. The quantitative estimate of drug-likeness (QED) is 0.764. The highest BCUT2D eigenvalue weighted by molar-refractivity contribution is 9.10. The lowest BCUT2D eigenvalue weighted by Crippen LogP contribution is -2.34. The van der Waals surface area contributed by atoms with E-state index in [1.165, 1.54) is 0 Å². The zero-order valence-corrected chi connectivity index (χ0v) is 13.9. The number of amides is 1. The summed E-state index contributed by atoms with van der Waals surface area (Å²) < 4.78 is 0.978. The van der Waals surface area contributed by atoms with Gasteiger partial charge in [0.05, 0.1) is 6.54 Å². The number of hydrogen-bond donors (Lipinski definition) is 0. The first-order valence-corrected chi connectivity index (χ1v) is 8.10. The van der Waals surface area contributed by atoms with Crippen LogP contribution in [0.2, 0.25) is 0 Å². The second-order valence-corrected chi connectivity index (χ2v) is 6.39. The Morgan fingerprint density at radius 2 is 1.95 bits per heavy atom. The van der Waals surface area contributed by atoms with Crippen LogP contribution >= 0.6 is 15.9 Å². The molecule has 114 valence electrons. The summed E-state index contributed by atoms with van der Waals surface area (Å²) in [5, 5.41) is 0. The molecule has 0 spiro atoms. The first-order valence-electron chi connectivity index (χ1n) is 7.31. The Morgan fingerprint density at radius 1 is 1.24 bits per heavy atom. The Hall–Kier alpha value is -1.20. The minimum atomic E-state index is 0.167. The molecule has 0 saturated carbocycles. The van der Waals surface area contributed by atoms with Gasteiger partial charge in [0, 0.05) is 36.6 Å². The van der Waals surface area contributed by atoms with Crippen molar-refractivity contribution in [2.75, 3.05) is 33.2 Å². The summed E-state index contributed by atoms with van der Waals surface area (Å²) in [5.74, 6) is 0.340. The Kier molecular flexibility index (Phi) is 5.94. The van der Waals surface area contributed by atoms with Gasteiger partial charge in [-0.05, 0) is 31.5 Å². The fourth-order valence-corrected chi connectivity index (χ4v) is 2.75. The third kappa shape index (κ3) is 4.93. The fraction of sp³-hybridized carbons (Fsp3) is 0.500. The smallest absolute Gasteiger partial charge is 0.236 e. The molecule has 0 N–H and O–H groups in total. The van der Waals surface area contributed by atoms with Gasteiger partial charge in [0.25, 0.3) is 0 Å². The fourth-order valence-electron chi connectivity index (χ4n) is 2.48. The largest absolute Gasteiger partial charge is 0.345 e. The minimum Gasteiger partial charge on any atom is -0.345 e. The van der Waals surface area contributed by atoms with Crippen molar-refractivity contribution in [3.05, 3.63) is 34.3 Å². The standard InChI is InChI=1S/C16H21BrN2O2/c1-18-9-3-11-19(12-16(18)21)10-2-4-15(20)13-5-7-14(17)8-6-13/h5-8H,2-4,9-12H2,1H3. The van der Waals surface area contributed by atoms with Crippen molar-refractivity contribution in [2.45, 2.75) is 19.3 Å². The van der Waals surface area contributed by atoms with E-state index < -0.39 is 0 Å². The van der Waals surface area contributed by atoms with Gasteiger partial charge in [-0.15, -0.1) is 0 Å². The predicted octanol–water partition coefficient (Wildman–Crippen LogP) is 2.58. The van der Waals surface area contributed by atoms with Crippen LogP contribution in [-0.2, 0) is 4.79 Å². The molecule has 1 aliphatic heterocycles. The summed E-state index contributed by atoms with van der Waals surface area (Å²) in [6.45, 7) is 3.04. The van der Waals surface area contributed by atoms with Gasteiger partial charge in [0.2, 0.25) is 5.91 Å². The van der Waals surface area contributed by atoms with Gasteiger partial charge in [-0.1, -0.05) is 28.1 Å². The minimum absolute atomic E-state index is 0.167. The van der Waals surface area contributed by atoms with Crippen molar-refractivity contribution >= 4 is 27.6 Å². The summed E-state index contributed by atoms with van der Waals surface area (Å²) in [4.78, 5) is 27.8. The van der Waals surface area contributed by atoms with Crippen molar-refractivity contribution in [1.29, 1.82) is 0 Å². The van der Waals surface area contributed by atoms with Gasteiger partial charge >= 0.3 is 0 Å². The van der Waals surface area contributed by atoms with Crippen LogP contribution in [0.15, 0.2) is 28.7 Å². The van der Waals surface area contributed by atoms with E-state index in [4.69, 9.17) is 0 Å². The molecule has 1 aromatic carbocycles. The van der Waals surface area contributed by atoms with Crippen molar-refractivity contribution in [3.8, 4) is 0 Å². The van der Waals surface area contributed by atoms with Gasteiger partial charge in [-0.25, -0.2) is 0 Å². The van der Waals surface area contributed by atoms with Gasteiger partial charge < -0.3 is 4.90 Å². The Labute approximate surface area is 134 Å². The Bertz CT molecular complexity index is 502. The third-order valence-electron chi connectivity index (χ3n) is 3.80. The van der Waals surface area contributed by atoms with Crippen molar-refractivity contribution in [1.82, 2.24) is 9.80 Å². The second kappa shape index (κ2) is 7.71. The number of halogens is 1. The van der Waals surface area contributed by atoms with E-state index in [1.807, 2.05) is 31.3 Å². The van der Waals surface area contributed by atoms with Crippen LogP contribution in [0.1, 0.15) is 29.6 Å². The Balaban J connectivity index is 1.77. The molecule has 1 heterocycles. The zero-order valence-electron chi connectivity index (χ0n) is 12.3. The monoisotopic (exact) mass is 352 g/mol. The van der Waals surface area contributed by atoms with E-state index in [0.29, 0.717) is 13.0 Å². The average Bonchev–Trinajstić information content (AvgIpc) is 2.62. The summed E-state index contributed by atoms with van der Waals surface area (Å²) in [6.07, 6.45) is 2.33. The molecule has 0 radical (unpaired) electrons. The van der Waals surface area contributed by atoms with Gasteiger partial charge in [0.1, 0.15) is 0 Å². The molecule has 0 aliphatic carbocycles. The molecule has 0 atom stereocenters. The highest BCUT2D eigenvalue weighted by atomic mass is 79.9. The van der Waals surface area contributed by atoms with E-state index in [9.17, 15) is 9.59 Å². The lowest BCUT2D eigenvalue weighted by molar-refractivity contribution is -0.129. The van der Waals surface area contributed by atoms with E-state index in [2.05, 4.69) is 20.8 Å². The number of benzene rings is 1. The molecular formula is C16H21BrN2O2. The molecule has 1 aliphatic rings. The average molecular weight is 353 g/mol. The number of hydrogen-bond acceptors (Lipinski definition) is 3. The van der Waals surface area contributed by atoms with Gasteiger partial charge in [-0.3, -0.25) is 14.5 Å². The summed E-state index contributed by atoms with van der Waals surface area (Å²) >= 11 is 3.36. The van der Waals surface area contributed by atoms with Crippen LogP contribution in [0.3, 0.4) is 0 Å². The number of ketones is 1. The summed E-state index contributed by atoms with van der Waals surface area (Å²) in [7, 11) is 1.85. The molecule has 0 aromatic heterocycles. The maximum absolute atomic E-state index is 12.1. The number of carbonyl (C=O) groups is 2. The van der Waals surface area contributed by atoms with Crippen LogP contribution in [0, 0.1) is 0 Å². The van der Waals surface area contributed by atoms with E-state index >= 15 is 0 Å². The highest BCUT2D eigenvalue weighted by Crippen LogP contribution is 2.13. The maximum atomic E-state index is 12.1. The molecule has 2 rings (SSSR count). The molecule has 0 unspecified atom stereocenters. The van der Waals surface area contributed by atoms with Crippen molar-refractivity contribution in [2.24, 2.45) is 0 Å². The lowest BCUT2D eigenvalue weighted by atomic mass is 10.1. The second-order valence-electron chi connectivity index (χ2n) is 5.48. The maximum Gasteiger partial charge on any atom is 0.236 e. The first kappa shape index (κ1) is 16.2. The lowest BCUT2D eigenvalue weighted by Gasteiger charge is -2.18. The van der Waals surface area contributed by atoms with E-state index in [-0.39, 0.29) is 11.7 Å². The number of rotatable bonds is 5. The number of Topliss-reactive ketones (excluding diaryl/α,β-unsaturated/α-hetero) is 1. The SMILES string of the molecule is CN1CCCN(CCCC(=O)c2ccc(Br)cc2)CC1=O. The van der Waals surface area contributed by atoms with Crippen molar-refractivity contribution in [3.63, 3.8) is 0 Å². The highest BCUT2D eigenvalue weighted by Gasteiger charge is 2.18. The Morgan fingerprint density at radius 3 is 2.67 bits per heavy atom. The van der Waals surface area contributed by atoms with Crippen LogP contribution in [0.5, 0.6) is 0 Å². The van der Waals surface area contributed by atoms with Crippen LogP contribution in [0.25, 0.3) is 0 Å². The van der Waals surface area contributed by atoms with Crippen molar-refractivity contribution < 1.29 is 9.59 Å². The molecule has 4 nitrogen and oxygen atoms in total. The topological polar surface area (TPSA) is 40.6 Å². The van der Waals surface area contributed by atoms with Gasteiger partial charge in [-0.2, -0.15) is 0 Å². The number of carbonyl (C=O) groups excluding carboxylic acids is 2. The molecular weight excluding hydrogens is 332 g/mol. The zero-order chi connectivity index (χ0) is 15.2. The predicted molar refractivity (Wildman–Crippen MR) is 86.4 cm³/mol. The first-order chi connectivity index (χ1) is 10.1. The van der Waals surface area contributed by atoms with Crippen LogP contribution < -0.4 is 0 Å². The molecule has 0 bridgehead atoms. The van der Waals surface area contributed by atoms with E-state index in [1.54, 1.807) is 4.90 Å². The molecule has 21 heavy (non-hydrogen) atoms. The molecule has 1 aromatic rings.